The van der Waals surface area contributed by atoms with E-state index < -0.39 is 11.7 Å². The molecule has 170 valence electrons. The number of hydrogen-bond donors (Lipinski definition) is 2. The van der Waals surface area contributed by atoms with Crippen molar-refractivity contribution in [3.63, 3.8) is 0 Å². The summed E-state index contributed by atoms with van der Waals surface area (Å²) >= 11 is 0. The maximum absolute atomic E-state index is 13.5. The molecule has 3 aromatic rings. The zero-order valence-electron chi connectivity index (χ0n) is 18.5. The third-order valence-corrected chi connectivity index (χ3v) is 5.25. The van der Waals surface area contributed by atoms with Crippen LogP contribution in [0.1, 0.15) is 56.2 Å². The molecular weight excluding hydrogens is 413 g/mol. The Hall–Kier alpha value is -3.09. The van der Waals surface area contributed by atoms with Crippen LogP contribution in [0.4, 0.5) is 36.3 Å². The third-order valence-electron chi connectivity index (χ3n) is 5.25. The van der Waals surface area contributed by atoms with Crippen LogP contribution in [0, 0.1) is 0 Å². The first-order chi connectivity index (χ1) is 15.4. The fourth-order valence-electron chi connectivity index (χ4n) is 3.35. The topological polar surface area (TPSA) is 49.8 Å². The number of nitrogens with one attached hydrogen (secondary N) is 2. The van der Waals surface area contributed by atoms with Crippen molar-refractivity contribution in [2.75, 3.05) is 10.6 Å². The molecule has 4 nitrogen and oxygen atoms in total. The lowest BCUT2D eigenvalue weighted by Crippen LogP contribution is -2.12. The molecule has 0 saturated heterocycles. The van der Waals surface area contributed by atoms with Crippen molar-refractivity contribution >= 4 is 23.1 Å². The van der Waals surface area contributed by atoms with Crippen molar-refractivity contribution in [2.24, 2.45) is 0 Å². The van der Waals surface area contributed by atoms with E-state index in [1.807, 2.05) is 43.3 Å². The number of nitrogens with zero attached hydrogens (tertiary/aromatic N) is 2. The summed E-state index contributed by atoms with van der Waals surface area (Å²) in [6.45, 7) is 4.21. The summed E-state index contributed by atoms with van der Waals surface area (Å²) in [6.07, 6.45) is 2.92. The molecule has 1 heterocycles. The molecule has 0 saturated carbocycles. The molecule has 7 heteroatoms. The first-order valence-corrected chi connectivity index (χ1v) is 11.0. The SMILES string of the molecule is CCCCCCc1ccc(Nc2ncc(C(F)(F)F)c(Nc3ccc(CC)cc3)n2)cc1. The molecule has 0 aliphatic heterocycles. The third kappa shape index (κ3) is 6.70. The minimum absolute atomic E-state index is 0.0985. The van der Waals surface area contributed by atoms with Crippen molar-refractivity contribution < 1.29 is 13.2 Å². The number of aromatic nitrogens is 2. The zero-order valence-corrected chi connectivity index (χ0v) is 18.5. The van der Waals surface area contributed by atoms with Gasteiger partial charge in [0, 0.05) is 17.6 Å². The summed E-state index contributed by atoms with van der Waals surface area (Å²) in [7, 11) is 0. The van der Waals surface area contributed by atoms with E-state index in [1.165, 1.54) is 24.8 Å². The normalized spacial score (nSPS) is 11.4. The van der Waals surface area contributed by atoms with Crippen LogP contribution in [0.15, 0.2) is 54.7 Å². The van der Waals surface area contributed by atoms with Crippen LogP contribution in [0.2, 0.25) is 0 Å². The van der Waals surface area contributed by atoms with E-state index in [1.54, 1.807) is 12.1 Å². The van der Waals surface area contributed by atoms with Crippen molar-refractivity contribution in [3.05, 3.63) is 71.4 Å². The predicted octanol–water partition coefficient (Wildman–Crippen LogP) is 7.67. The molecule has 0 fully saturated rings. The summed E-state index contributed by atoms with van der Waals surface area (Å²) in [5.74, 6) is -0.187. The zero-order chi connectivity index (χ0) is 23.0. The molecule has 0 radical (unpaired) electrons. The number of alkyl halides is 3. The van der Waals surface area contributed by atoms with Crippen LogP contribution in [-0.4, -0.2) is 9.97 Å². The fourth-order valence-corrected chi connectivity index (χ4v) is 3.35. The van der Waals surface area contributed by atoms with Gasteiger partial charge in [0.15, 0.2) is 0 Å². The van der Waals surface area contributed by atoms with Gasteiger partial charge in [-0.2, -0.15) is 18.2 Å². The minimum atomic E-state index is -4.57. The van der Waals surface area contributed by atoms with Gasteiger partial charge in [-0.05, 0) is 54.7 Å². The number of halogens is 3. The Kier molecular flexibility index (Phi) is 8.09. The van der Waals surface area contributed by atoms with Crippen LogP contribution < -0.4 is 10.6 Å². The molecule has 0 aliphatic rings. The van der Waals surface area contributed by atoms with E-state index in [0.29, 0.717) is 5.69 Å². The lowest BCUT2D eigenvalue weighted by molar-refractivity contribution is -0.137. The van der Waals surface area contributed by atoms with Crippen molar-refractivity contribution in [1.29, 1.82) is 0 Å². The molecule has 1 aromatic heterocycles. The molecule has 3 rings (SSSR count). The second-order valence-corrected chi connectivity index (χ2v) is 7.76. The molecular formula is C25H29F3N4. The van der Waals surface area contributed by atoms with Gasteiger partial charge in [0.05, 0.1) is 0 Å². The molecule has 0 unspecified atom stereocenters. The van der Waals surface area contributed by atoms with Gasteiger partial charge >= 0.3 is 6.18 Å². The summed E-state index contributed by atoms with van der Waals surface area (Å²) in [5.41, 5.74) is 2.68. The fraction of sp³-hybridized carbons (Fsp3) is 0.360. The van der Waals surface area contributed by atoms with Gasteiger partial charge < -0.3 is 10.6 Å². The molecule has 0 aliphatic carbocycles. The molecule has 0 spiro atoms. The summed E-state index contributed by atoms with van der Waals surface area (Å²) < 4.78 is 40.4. The monoisotopic (exact) mass is 442 g/mol. The Morgan fingerprint density at radius 1 is 0.781 bits per heavy atom. The van der Waals surface area contributed by atoms with Crippen LogP contribution in [0.5, 0.6) is 0 Å². The van der Waals surface area contributed by atoms with E-state index in [4.69, 9.17) is 0 Å². The Morgan fingerprint density at radius 3 is 2.00 bits per heavy atom. The van der Waals surface area contributed by atoms with Gasteiger partial charge in [-0.1, -0.05) is 57.4 Å². The van der Waals surface area contributed by atoms with E-state index in [9.17, 15) is 13.2 Å². The van der Waals surface area contributed by atoms with Gasteiger partial charge in [-0.25, -0.2) is 4.98 Å². The van der Waals surface area contributed by atoms with Gasteiger partial charge in [0.2, 0.25) is 5.95 Å². The van der Waals surface area contributed by atoms with E-state index >= 15 is 0 Å². The average Bonchev–Trinajstić information content (AvgIpc) is 2.78. The van der Waals surface area contributed by atoms with Crippen molar-refractivity contribution in [2.45, 2.75) is 58.5 Å². The van der Waals surface area contributed by atoms with Gasteiger partial charge in [-0.3, -0.25) is 0 Å². The van der Waals surface area contributed by atoms with Gasteiger partial charge in [-0.15, -0.1) is 0 Å². The first-order valence-electron chi connectivity index (χ1n) is 11.0. The quantitative estimate of drug-likeness (QED) is 0.316. The van der Waals surface area contributed by atoms with Crippen LogP contribution >= 0.6 is 0 Å². The number of anilines is 4. The van der Waals surface area contributed by atoms with Crippen molar-refractivity contribution in [1.82, 2.24) is 9.97 Å². The highest BCUT2D eigenvalue weighted by atomic mass is 19.4. The maximum atomic E-state index is 13.5. The summed E-state index contributed by atoms with van der Waals surface area (Å²) in [4.78, 5) is 7.99. The lowest BCUT2D eigenvalue weighted by atomic mass is 10.1. The van der Waals surface area contributed by atoms with Gasteiger partial charge in [0.25, 0.3) is 0 Å². The van der Waals surface area contributed by atoms with E-state index in [0.717, 1.165) is 36.7 Å². The number of hydrogen-bond acceptors (Lipinski definition) is 4. The first kappa shape index (κ1) is 23.6. The minimum Gasteiger partial charge on any atom is -0.340 e. The molecule has 0 atom stereocenters. The Bertz CT molecular complexity index is 984. The number of unbranched alkanes of at least 4 members (excludes halogenated alkanes) is 3. The summed E-state index contributed by atoms with van der Waals surface area (Å²) in [6, 6.07) is 15.1. The van der Waals surface area contributed by atoms with Crippen molar-refractivity contribution in [3.8, 4) is 0 Å². The molecule has 0 bridgehead atoms. The second-order valence-electron chi connectivity index (χ2n) is 7.76. The van der Waals surface area contributed by atoms with Crippen LogP contribution in [-0.2, 0) is 19.0 Å². The molecule has 0 amide bonds. The highest BCUT2D eigenvalue weighted by Crippen LogP contribution is 2.35. The standard InChI is InChI=1S/C25H29F3N4/c1-3-5-6-7-8-19-11-15-21(16-12-19)31-24-29-17-22(25(26,27)28)23(32-24)30-20-13-9-18(4-2)10-14-20/h9-17H,3-8H2,1-2H3,(H2,29,30,31,32). The summed E-state index contributed by atoms with van der Waals surface area (Å²) in [5, 5.41) is 5.79. The van der Waals surface area contributed by atoms with Crippen LogP contribution in [0.3, 0.4) is 0 Å². The number of aryl methyl sites for hydroxylation is 2. The maximum Gasteiger partial charge on any atom is 0.421 e. The largest absolute Gasteiger partial charge is 0.421 e. The molecule has 2 aromatic carbocycles. The predicted molar refractivity (Wildman–Crippen MR) is 124 cm³/mol. The highest BCUT2D eigenvalue weighted by molar-refractivity contribution is 5.63. The smallest absolute Gasteiger partial charge is 0.340 e. The number of rotatable bonds is 10. The Balaban J connectivity index is 1.74. The second kappa shape index (κ2) is 11.0. The Morgan fingerprint density at radius 2 is 1.41 bits per heavy atom. The highest BCUT2D eigenvalue weighted by Gasteiger charge is 2.35. The average molecular weight is 443 g/mol. The Labute approximate surface area is 187 Å². The van der Waals surface area contributed by atoms with Gasteiger partial charge in [0.1, 0.15) is 11.4 Å². The van der Waals surface area contributed by atoms with E-state index in [2.05, 4.69) is 27.5 Å². The number of benzene rings is 2. The molecule has 32 heavy (non-hydrogen) atoms. The van der Waals surface area contributed by atoms with Crippen LogP contribution in [0.25, 0.3) is 0 Å². The van der Waals surface area contributed by atoms with E-state index in [-0.39, 0.29) is 11.8 Å². The molecule has 2 N–H and O–H groups in total. The lowest BCUT2D eigenvalue weighted by Gasteiger charge is -2.15.